The van der Waals surface area contributed by atoms with Gasteiger partial charge in [0.25, 0.3) is 0 Å². The van der Waals surface area contributed by atoms with Crippen LogP contribution >= 0.6 is 0 Å². The molecule has 0 radical (unpaired) electrons. The Kier molecular flexibility index (Phi) is 7.75. The van der Waals surface area contributed by atoms with Gasteiger partial charge >= 0.3 is 0 Å². The van der Waals surface area contributed by atoms with Crippen LogP contribution in [0.3, 0.4) is 0 Å². The minimum atomic E-state index is -3.54. The van der Waals surface area contributed by atoms with Crippen LogP contribution < -0.4 is 5.32 Å². The van der Waals surface area contributed by atoms with E-state index in [0.29, 0.717) is 23.9 Å². The second-order valence-electron chi connectivity index (χ2n) is 10.2. The van der Waals surface area contributed by atoms with Gasteiger partial charge in [-0.05, 0) is 51.3 Å². The van der Waals surface area contributed by atoms with Gasteiger partial charge in [0.1, 0.15) is 5.69 Å². The van der Waals surface area contributed by atoms with Crippen LogP contribution in [0.25, 0.3) is 22.3 Å². The Hall–Kier alpha value is -2.60. The smallest absolute Gasteiger partial charge is 0.243 e. The predicted molar refractivity (Wildman–Crippen MR) is 144 cm³/mol. The van der Waals surface area contributed by atoms with Crippen LogP contribution in [0.5, 0.6) is 0 Å². The van der Waals surface area contributed by atoms with E-state index in [1.54, 1.807) is 16.4 Å². The van der Waals surface area contributed by atoms with Gasteiger partial charge < -0.3 is 15.3 Å². The third kappa shape index (κ3) is 5.50. The number of rotatable bonds is 8. The van der Waals surface area contributed by atoms with Crippen LogP contribution in [-0.4, -0.2) is 88.4 Å². The van der Waals surface area contributed by atoms with Crippen molar-refractivity contribution in [3.8, 4) is 11.3 Å². The lowest BCUT2D eigenvalue weighted by Crippen LogP contribution is -2.46. The zero-order valence-corrected chi connectivity index (χ0v) is 22.5. The molecule has 0 spiro atoms. The number of benzene rings is 1. The highest BCUT2D eigenvalue weighted by atomic mass is 32.2. The van der Waals surface area contributed by atoms with E-state index >= 15 is 0 Å². The highest BCUT2D eigenvalue weighted by molar-refractivity contribution is 7.89. The number of aliphatic hydroxyl groups excluding tert-OH is 1. The molecule has 5 rings (SSSR count). The van der Waals surface area contributed by atoms with Crippen molar-refractivity contribution in [3.63, 3.8) is 0 Å². The summed E-state index contributed by atoms with van der Waals surface area (Å²) < 4.78 is 29.9. The monoisotopic (exact) mass is 527 g/mol. The fourth-order valence-electron chi connectivity index (χ4n) is 5.12. The van der Waals surface area contributed by atoms with E-state index in [1.165, 1.54) is 0 Å². The molecule has 0 unspecified atom stereocenters. The Morgan fingerprint density at radius 3 is 2.43 bits per heavy atom. The van der Waals surface area contributed by atoms with E-state index in [1.807, 2.05) is 30.1 Å². The van der Waals surface area contributed by atoms with Crippen molar-refractivity contribution < 1.29 is 13.5 Å². The summed E-state index contributed by atoms with van der Waals surface area (Å²) in [6.45, 7) is 5.41. The number of piperazine rings is 1. The van der Waals surface area contributed by atoms with Crippen molar-refractivity contribution in [3.05, 3.63) is 30.5 Å². The SMILES string of the molecule is CCCCNc1ncc2c(-c3ccc(S(=O)(=O)N4CCN(C)CC4)cc3)nn(C3CCC(O)CC3)c2n1. The minimum absolute atomic E-state index is 0.148. The lowest BCUT2D eigenvalue weighted by Gasteiger charge is -2.31. The maximum absolute atomic E-state index is 13.2. The molecular formula is C26H37N7O3S. The minimum Gasteiger partial charge on any atom is -0.393 e. The molecule has 1 saturated heterocycles. The molecule has 1 aromatic carbocycles. The van der Waals surface area contributed by atoms with Crippen LogP contribution in [0.15, 0.2) is 35.4 Å². The third-order valence-electron chi connectivity index (χ3n) is 7.50. The van der Waals surface area contributed by atoms with Crippen LogP contribution in [0, 0.1) is 0 Å². The van der Waals surface area contributed by atoms with Crippen molar-refractivity contribution in [2.45, 2.75) is 62.5 Å². The molecule has 0 atom stereocenters. The molecule has 1 saturated carbocycles. The first-order chi connectivity index (χ1) is 17.9. The first-order valence-corrected chi connectivity index (χ1v) is 14.8. The quantitative estimate of drug-likeness (QED) is 0.429. The number of anilines is 1. The van der Waals surface area contributed by atoms with E-state index in [-0.39, 0.29) is 12.1 Å². The number of aliphatic hydroxyl groups is 1. The van der Waals surface area contributed by atoms with E-state index < -0.39 is 10.0 Å². The molecule has 1 aliphatic carbocycles. The number of likely N-dealkylation sites (N-methyl/N-ethyl adjacent to an activating group) is 1. The van der Waals surface area contributed by atoms with Gasteiger partial charge in [-0.2, -0.15) is 14.4 Å². The van der Waals surface area contributed by atoms with Gasteiger partial charge in [-0.25, -0.2) is 18.1 Å². The lowest BCUT2D eigenvalue weighted by molar-refractivity contribution is 0.109. The Balaban J connectivity index is 1.47. The second-order valence-corrected chi connectivity index (χ2v) is 12.1. The standard InChI is InChI=1S/C26H37N7O3S/c1-3-4-13-27-26-28-18-23-24(30-33(25(23)29-26)20-7-9-21(34)10-8-20)19-5-11-22(12-6-19)37(35,36)32-16-14-31(2)15-17-32/h5-6,11-12,18,20-21,34H,3-4,7-10,13-17H2,1-2H3,(H,27,28,29). The summed E-state index contributed by atoms with van der Waals surface area (Å²) in [5.41, 5.74) is 2.33. The second kappa shape index (κ2) is 11.0. The fraction of sp³-hybridized carbons (Fsp3) is 0.577. The van der Waals surface area contributed by atoms with E-state index in [4.69, 9.17) is 10.1 Å². The molecule has 2 N–H and O–H groups in total. The first-order valence-electron chi connectivity index (χ1n) is 13.3. The summed E-state index contributed by atoms with van der Waals surface area (Å²) in [6, 6.07) is 7.15. The number of aromatic nitrogens is 4. The van der Waals surface area contributed by atoms with Crippen molar-refractivity contribution >= 4 is 27.0 Å². The summed E-state index contributed by atoms with van der Waals surface area (Å²) in [4.78, 5) is 11.8. The molecular weight excluding hydrogens is 490 g/mol. The predicted octanol–water partition coefficient (Wildman–Crippen LogP) is 3.12. The van der Waals surface area contributed by atoms with Gasteiger partial charge in [0.15, 0.2) is 5.65 Å². The molecule has 1 aliphatic heterocycles. The molecule has 0 amide bonds. The van der Waals surface area contributed by atoms with Crippen molar-refractivity contribution in [1.82, 2.24) is 29.0 Å². The molecule has 200 valence electrons. The zero-order valence-electron chi connectivity index (χ0n) is 21.7. The van der Waals surface area contributed by atoms with Crippen LogP contribution in [0.2, 0.25) is 0 Å². The molecule has 0 bridgehead atoms. The molecule has 2 aromatic heterocycles. The van der Waals surface area contributed by atoms with Gasteiger partial charge in [-0.1, -0.05) is 25.5 Å². The summed E-state index contributed by atoms with van der Waals surface area (Å²) in [5, 5.41) is 19.1. The molecule has 3 heterocycles. The average molecular weight is 528 g/mol. The van der Waals surface area contributed by atoms with E-state index in [9.17, 15) is 13.5 Å². The summed E-state index contributed by atoms with van der Waals surface area (Å²) in [7, 11) is -1.53. The van der Waals surface area contributed by atoms with E-state index in [0.717, 1.165) is 80.4 Å². The maximum atomic E-state index is 13.2. The number of unbranched alkanes of at least 4 members (excludes halogenated alkanes) is 1. The first kappa shape index (κ1) is 26.0. The molecule has 10 nitrogen and oxygen atoms in total. The van der Waals surface area contributed by atoms with Crippen LogP contribution in [-0.2, 0) is 10.0 Å². The highest BCUT2D eigenvalue weighted by Crippen LogP contribution is 2.35. The topological polar surface area (TPSA) is 116 Å². The number of nitrogens with zero attached hydrogens (tertiary/aromatic N) is 6. The number of nitrogens with one attached hydrogen (secondary N) is 1. The zero-order chi connectivity index (χ0) is 26.0. The Morgan fingerprint density at radius 1 is 1.05 bits per heavy atom. The summed E-state index contributed by atoms with van der Waals surface area (Å²) >= 11 is 0. The van der Waals surface area contributed by atoms with Crippen molar-refractivity contribution in [1.29, 1.82) is 0 Å². The lowest BCUT2D eigenvalue weighted by atomic mass is 9.93. The molecule has 37 heavy (non-hydrogen) atoms. The van der Waals surface area contributed by atoms with Crippen molar-refractivity contribution in [2.24, 2.45) is 0 Å². The number of hydrogen-bond acceptors (Lipinski definition) is 8. The maximum Gasteiger partial charge on any atom is 0.243 e. The number of fused-ring (bicyclic) bond motifs is 1. The number of hydrogen-bond donors (Lipinski definition) is 2. The van der Waals surface area contributed by atoms with Crippen molar-refractivity contribution in [2.75, 3.05) is 45.1 Å². The number of sulfonamides is 1. The largest absolute Gasteiger partial charge is 0.393 e. The fourth-order valence-corrected chi connectivity index (χ4v) is 6.54. The van der Waals surface area contributed by atoms with Gasteiger partial charge in [-0.3, -0.25) is 0 Å². The Bertz CT molecular complexity index is 1310. The van der Waals surface area contributed by atoms with Crippen LogP contribution in [0.1, 0.15) is 51.5 Å². The highest BCUT2D eigenvalue weighted by Gasteiger charge is 2.28. The van der Waals surface area contributed by atoms with E-state index in [2.05, 4.69) is 22.1 Å². The average Bonchev–Trinajstić information content (AvgIpc) is 3.28. The van der Waals surface area contributed by atoms with Crippen LogP contribution in [0.4, 0.5) is 5.95 Å². The van der Waals surface area contributed by atoms with Gasteiger partial charge in [0, 0.05) is 44.5 Å². The van der Waals surface area contributed by atoms with Gasteiger partial charge in [0.05, 0.1) is 22.4 Å². The Labute approximate surface area is 218 Å². The molecule has 2 aliphatic rings. The summed E-state index contributed by atoms with van der Waals surface area (Å²) in [5.74, 6) is 0.582. The summed E-state index contributed by atoms with van der Waals surface area (Å²) in [6.07, 6.45) is 6.83. The van der Waals surface area contributed by atoms with Gasteiger partial charge in [0.2, 0.25) is 16.0 Å². The van der Waals surface area contributed by atoms with Gasteiger partial charge in [-0.15, -0.1) is 0 Å². The normalized spacial score (nSPS) is 21.9. The molecule has 3 aromatic rings. The third-order valence-corrected chi connectivity index (χ3v) is 9.41. The molecule has 2 fully saturated rings. The molecule has 11 heteroatoms. The Morgan fingerprint density at radius 2 is 1.76 bits per heavy atom.